The highest BCUT2D eigenvalue weighted by Gasteiger charge is 2.22. The molecule has 0 saturated heterocycles. The second-order valence-electron chi connectivity index (χ2n) is 8.00. The first-order chi connectivity index (χ1) is 14.9. The van der Waals surface area contributed by atoms with Crippen molar-refractivity contribution in [1.29, 1.82) is 0 Å². The molecule has 0 aliphatic heterocycles. The Morgan fingerprint density at radius 1 is 0.806 bits per heavy atom. The molecule has 9 heteroatoms. The van der Waals surface area contributed by atoms with E-state index in [-0.39, 0.29) is 25.6 Å². The number of ether oxygens (including phenoxy) is 1. The Morgan fingerprint density at radius 3 is 1.84 bits per heavy atom. The molecule has 0 saturated carbocycles. The zero-order chi connectivity index (χ0) is 23.2. The van der Waals surface area contributed by atoms with Gasteiger partial charge in [0.2, 0.25) is 0 Å². The van der Waals surface area contributed by atoms with Gasteiger partial charge in [-0.05, 0) is 6.42 Å². The van der Waals surface area contributed by atoms with E-state index in [0.29, 0.717) is 6.42 Å². The van der Waals surface area contributed by atoms with Crippen LogP contribution in [0.3, 0.4) is 0 Å². The van der Waals surface area contributed by atoms with Gasteiger partial charge in [-0.25, -0.2) is 4.57 Å². The minimum absolute atomic E-state index is 0.108. The fourth-order valence-corrected chi connectivity index (χ4v) is 3.85. The summed E-state index contributed by atoms with van der Waals surface area (Å²) in [6, 6.07) is 0. The quantitative estimate of drug-likeness (QED) is 0.110. The molecule has 3 N–H and O–H groups in total. The molecule has 0 heterocycles. The maximum absolute atomic E-state index is 11.7. The fraction of sp³-hybridized carbons (Fsp3) is 0.955. The number of phosphoric acid groups is 1. The first-order valence-corrected chi connectivity index (χ1v) is 13.5. The number of hydrogen-bond acceptors (Lipinski definition) is 7. The van der Waals surface area contributed by atoms with Gasteiger partial charge in [0.05, 0.1) is 26.4 Å². The maximum atomic E-state index is 11.7. The molecule has 0 radical (unpaired) electrons. The summed E-state index contributed by atoms with van der Waals surface area (Å²) in [5, 5.41) is 17.7. The fourth-order valence-electron chi connectivity index (χ4n) is 3.05. The van der Waals surface area contributed by atoms with Crippen LogP contribution in [0.25, 0.3) is 0 Å². The normalized spacial score (nSPS) is 14.3. The van der Waals surface area contributed by atoms with Crippen LogP contribution in [0.5, 0.6) is 0 Å². The van der Waals surface area contributed by atoms with Crippen molar-refractivity contribution < 1.29 is 38.3 Å². The summed E-state index contributed by atoms with van der Waals surface area (Å²) in [6.07, 6.45) is 15.7. The summed E-state index contributed by atoms with van der Waals surface area (Å²) < 4.78 is 25.8. The maximum Gasteiger partial charge on any atom is 0.472 e. The lowest BCUT2D eigenvalue weighted by atomic mass is 10.0. The van der Waals surface area contributed by atoms with Crippen LogP contribution in [0.15, 0.2) is 0 Å². The van der Waals surface area contributed by atoms with Crippen molar-refractivity contribution in [2.45, 2.75) is 109 Å². The molecule has 0 amide bonds. The average molecular weight is 469 g/mol. The zero-order valence-electron chi connectivity index (χ0n) is 19.3. The number of carbonyl (C=O) groups is 1. The Kier molecular flexibility index (Phi) is 21.0. The van der Waals surface area contributed by atoms with E-state index in [1.54, 1.807) is 0 Å². The topological polar surface area (TPSA) is 123 Å². The Labute approximate surface area is 188 Å². The average Bonchev–Trinajstić information content (AvgIpc) is 2.75. The van der Waals surface area contributed by atoms with Crippen LogP contribution >= 0.6 is 7.82 Å². The molecule has 0 aliphatic rings. The van der Waals surface area contributed by atoms with E-state index in [4.69, 9.17) is 19.5 Å². The highest BCUT2D eigenvalue weighted by Crippen LogP contribution is 2.43. The van der Waals surface area contributed by atoms with Gasteiger partial charge in [0.15, 0.2) is 0 Å². The second-order valence-corrected chi connectivity index (χ2v) is 9.45. The van der Waals surface area contributed by atoms with Crippen LogP contribution in [0, 0.1) is 0 Å². The summed E-state index contributed by atoms with van der Waals surface area (Å²) in [4.78, 5) is 21.0. The Balaban J connectivity index is 3.39. The van der Waals surface area contributed by atoms with Crippen LogP contribution in [-0.2, 0) is 23.1 Å². The molecule has 2 atom stereocenters. The third-order valence-electron chi connectivity index (χ3n) is 4.93. The zero-order valence-corrected chi connectivity index (χ0v) is 20.2. The van der Waals surface area contributed by atoms with Crippen LogP contribution in [-0.4, -0.2) is 53.6 Å². The minimum atomic E-state index is -4.28. The molecule has 8 nitrogen and oxygen atoms in total. The van der Waals surface area contributed by atoms with Crippen molar-refractivity contribution in [3.8, 4) is 0 Å². The molecule has 0 aromatic heterocycles. The summed E-state index contributed by atoms with van der Waals surface area (Å²) in [5.41, 5.74) is 0. The van der Waals surface area contributed by atoms with Crippen LogP contribution in [0.2, 0.25) is 0 Å². The van der Waals surface area contributed by atoms with Crippen molar-refractivity contribution in [2.24, 2.45) is 0 Å². The van der Waals surface area contributed by atoms with Gasteiger partial charge >= 0.3 is 13.8 Å². The molecule has 0 rings (SSSR count). The van der Waals surface area contributed by atoms with E-state index in [1.807, 2.05) is 0 Å². The molecular weight excluding hydrogens is 423 g/mol. The highest BCUT2D eigenvalue weighted by atomic mass is 31.2. The van der Waals surface area contributed by atoms with E-state index >= 15 is 0 Å². The molecule has 0 aromatic carbocycles. The lowest BCUT2D eigenvalue weighted by Gasteiger charge is -2.14. The molecule has 0 aromatic rings. The van der Waals surface area contributed by atoms with E-state index < -0.39 is 27.1 Å². The number of aliphatic hydroxyl groups excluding tert-OH is 2. The first kappa shape index (κ1) is 30.5. The Hall–Kier alpha value is -0.500. The summed E-state index contributed by atoms with van der Waals surface area (Å²) in [6.45, 7) is 1.16. The van der Waals surface area contributed by atoms with Gasteiger partial charge < -0.3 is 19.8 Å². The van der Waals surface area contributed by atoms with Crippen molar-refractivity contribution in [2.75, 3.05) is 26.4 Å². The van der Waals surface area contributed by atoms with E-state index in [1.165, 1.54) is 64.2 Å². The largest absolute Gasteiger partial charge is 0.472 e. The monoisotopic (exact) mass is 468 g/mol. The van der Waals surface area contributed by atoms with E-state index in [0.717, 1.165) is 19.3 Å². The van der Waals surface area contributed by atoms with Crippen LogP contribution < -0.4 is 0 Å². The molecule has 31 heavy (non-hydrogen) atoms. The van der Waals surface area contributed by atoms with Crippen LogP contribution in [0.1, 0.15) is 103 Å². The number of aliphatic hydroxyl groups is 2. The van der Waals surface area contributed by atoms with Crippen LogP contribution in [0.4, 0.5) is 0 Å². The molecule has 0 aliphatic carbocycles. The number of unbranched alkanes of at least 4 members (excludes halogenated alkanes) is 12. The van der Waals surface area contributed by atoms with E-state index in [9.17, 15) is 14.3 Å². The van der Waals surface area contributed by atoms with Gasteiger partial charge in [-0.1, -0.05) is 84.0 Å². The smallest absolute Gasteiger partial charge is 0.466 e. The summed E-state index contributed by atoms with van der Waals surface area (Å²) in [7, 11) is -4.28. The highest BCUT2D eigenvalue weighted by molar-refractivity contribution is 7.47. The van der Waals surface area contributed by atoms with Crippen molar-refractivity contribution >= 4 is 13.8 Å². The number of rotatable bonds is 23. The molecule has 186 valence electrons. The third kappa shape index (κ3) is 22.5. The third-order valence-corrected chi connectivity index (χ3v) is 5.92. The predicted molar refractivity (Wildman–Crippen MR) is 121 cm³/mol. The Morgan fingerprint density at radius 2 is 1.32 bits per heavy atom. The summed E-state index contributed by atoms with van der Waals surface area (Å²) >= 11 is 0. The molecule has 0 spiro atoms. The number of esters is 1. The number of phosphoric ester groups is 1. The first-order valence-electron chi connectivity index (χ1n) is 12.0. The van der Waals surface area contributed by atoms with Gasteiger partial charge in [-0.2, -0.15) is 0 Å². The molecule has 0 bridgehead atoms. The van der Waals surface area contributed by atoms with E-state index in [2.05, 4.69) is 11.4 Å². The SMILES string of the molecule is CCCCCCCCCCCCCCCC(=O)OCCCOP(=O)(O)OCC(O)CO. The molecule has 0 fully saturated rings. The minimum Gasteiger partial charge on any atom is -0.466 e. The molecule has 2 unspecified atom stereocenters. The van der Waals surface area contributed by atoms with Gasteiger partial charge in [0, 0.05) is 12.8 Å². The number of hydrogen-bond donors (Lipinski definition) is 3. The second kappa shape index (κ2) is 21.4. The standard InChI is InChI=1S/C22H45O8P/c1-2-3-4-5-6-7-8-9-10-11-12-13-14-16-22(25)28-17-15-18-29-31(26,27)30-20-21(24)19-23/h21,23-24H,2-20H2,1H3,(H,26,27). The lowest BCUT2D eigenvalue weighted by molar-refractivity contribution is -0.144. The van der Waals surface area contributed by atoms with Gasteiger partial charge in [0.1, 0.15) is 6.10 Å². The van der Waals surface area contributed by atoms with Gasteiger partial charge in [-0.3, -0.25) is 13.8 Å². The van der Waals surface area contributed by atoms with Crippen molar-refractivity contribution in [3.63, 3.8) is 0 Å². The predicted octanol–water partition coefficient (Wildman–Crippen LogP) is 4.89. The van der Waals surface area contributed by atoms with Gasteiger partial charge in [-0.15, -0.1) is 0 Å². The molecular formula is C22H45O8P. The number of carbonyl (C=O) groups excluding carboxylic acids is 1. The Bertz CT molecular complexity index is 461. The lowest BCUT2D eigenvalue weighted by Crippen LogP contribution is -2.19. The van der Waals surface area contributed by atoms with Crippen molar-refractivity contribution in [3.05, 3.63) is 0 Å². The summed E-state index contributed by atoms with van der Waals surface area (Å²) in [5.74, 6) is -0.266. The van der Waals surface area contributed by atoms with Crippen molar-refractivity contribution in [1.82, 2.24) is 0 Å². The van der Waals surface area contributed by atoms with Gasteiger partial charge in [0.25, 0.3) is 0 Å².